The Morgan fingerprint density at radius 2 is 2.06 bits per heavy atom. The second-order valence-corrected chi connectivity index (χ2v) is 4.58. The van der Waals surface area contributed by atoms with Crippen LogP contribution in [0.5, 0.6) is 0 Å². The van der Waals surface area contributed by atoms with Gasteiger partial charge in [0, 0.05) is 13.1 Å². The molecule has 0 radical (unpaired) electrons. The number of rotatable bonds is 7. The van der Waals surface area contributed by atoms with Crippen molar-refractivity contribution in [2.75, 3.05) is 27.2 Å². The van der Waals surface area contributed by atoms with Crippen LogP contribution in [0, 0.1) is 0 Å². The summed E-state index contributed by atoms with van der Waals surface area (Å²) in [5.41, 5.74) is 1.04. The molecule has 1 N–H and O–H groups in total. The molecule has 1 aromatic carbocycles. The molecule has 0 heterocycles. The van der Waals surface area contributed by atoms with Gasteiger partial charge in [0.05, 0.1) is 5.92 Å². The number of allylic oxidation sites excluding steroid dienone is 1. The molecule has 0 aliphatic carbocycles. The lowest BCUT2D eigenvalue weighted by molar-refractivity contribution is -0.122. The third-order valence-corrected chi connectivity index (χ3v) is 2.78. The third kappa shape index (κ3) is 4.72. The van der Waals surface area contributed by atoms with Crippen LogP contribution in [0.2, 0.25) is 0 Å². The van der Waals surface area contributed by atoms with Crippen molar-refractivity contribution in [2.45, 2.75) is 12.3 Å². The Kier molecular flexibility index (Phi) is 6.15. The van der Waals surface area contributed by atoms with Gasteiger partial charge in [0.25, 0.3) is 0 Å². The predicted octanol–water partition coefficient (Wildman–Crippen LogP) is 2.02. The van der Waals surface area contributed by atoms with Gasteiger partial charge in [0.2, 0.25) is 5.91 Å². The Morgan fingerprint density at radius 1 is 1.39 bits per heavy atom. The molecule has 1 rings (SSSR count). The molecule has 0 saturated carbocycles. The molecule has 3 nitrogen and oxygen atoms in total. The van der Waals surface area contributed by atoms with Gasteiger partial charge in [0.15, 0.2) is 0 Å². The second-order valence-electron chi connectivity index (χ2n) is 4.58. The van der Waals surface area contributed by atoms with Crippen LogP contribution >= 0.6 is 0 Å². The second kappa shape index (κ2) is 7.67. The summed E-state index contributed by atoms with van der Waals surface area (Å²) in [6.45, 7) is 5.25. The molecule has 1 unspecified atom stereocenters. The Bertz CT molecular complexity index is 373. The maximum atomic E-state index is 12.1. The molecular weight excluding hydrogens is 224 g/mol. The highest BCUT2D eigenvalue weighted by Gasteiger charge is 2.18. The van der Waals surface area contributed by atoms with Gasteiger partial charge in [-0.05, 0) is 26.1 Å². The normalized spacial score (nSPS) is 12.2. The minimum absolute atomic E-state index is 0.0722. The monoisotopic (exact) mass is 246 g/mol. The summed E-state index contributed by atoms with van der Waals surface area (Å²) in [7, 11) is 3.98. The number of nitrogens with one attached hydrogen (secondary N) is 1. The molecule has 0 aliphatic heterocycles. The largest absolute Gasteiger partial charge is 0.354 e. The molecule has 1 amide bonds. The zero-order valence-corrected chi connectivity index (χ0v) is 11.2. The van der Waals surface area contributed by atoms with E-state index in [1.54, 1.807) is 6.08 Å². The first-order valence-corrected chi connectivity index (χ1v) is 6.23. The van der Waals surface area contributed by atoms with Crippen molar-refractivity contribution >= 4 is 5.91 Å². The van der Waals surface area contributed by atoms with Gasteiger partial charge in [0.1, 0.15) is 0 Å². The van der Waals surface area contributed by atoms with Crippen LogP contribution in [-0.4, -0.2) is 38.0 Å². The fourth-order valence-corrected chi connectivity index (χ4v) is 1.77. The van der Waals surface area contributed by atoms with Gasteiger partial charge in [-0.25, -0.2) is 0 Å². The van der Waals surface area contributed by atoms with Gasteiger partial charge in [-0.3, -0.25) is 4.79 Å². The molecule has 1 aromatic rings. The molecule has 0 bridgehead atoms. The van der Waals surface area contributed by atoms with Crippen molar-refractivity contribution in [3.05, 3.63) is 48.6 Å². The molecule has 0 aliphatic rings. The summed E-state index contributed by atoms with van der Waals surface area (Å²) in [5.74, 6) is -0.0613. The first-order valence-electron chi connectivity index (χ1n) is 6.23. The average Bonchev–Trinajstić information content (AvgIpc) is 2.36. The van der Waals surface area contributed by atoms with Crippen molar-refractivity contribution in [2.24, 2.45) is 0 Å². The Hall–Kier alpha value is -1.61. The molecule has 3 heteroatoms. The minimum atomic E-state index is -0.133. The average molecular weight is 246 g/mol. The van der Waals surface area contributed by atoms with Crippen molar-refractivity contribution < 1.29 is 4.79 Å². The van der Waals surface area contributed by atoms with Gasteiger partial charge < -0.3 is 10.2 Å². The number of carbonyl (C=O) groups is 1. The predicted molar refractivity (Wildman–Crippen MR) is 75.6 cm³/mol. The van der Waals surface area contributed by atoms with Crippen molar-refractivity contribution in [1.82, 2.24) is 10.2 Å². The van der Waals surface area contributed by atoms with Gasteiger partial charge in [-0.2, -0.15) is 0 Å². The van der Waals surface area contributed by atoms with E-state index in [1.165, 1.54) is 0 Å². The fraction of sp³-hybridized carbons (Fsp3) is 0.400. The molecule has 18 heavy (non-hydrogen) atoms. The van der Waals surface area contributed by atoms with E-state index in [9.17, 15) is 4.79 Å². The number of likely N-dealkylation sites (N-methyl/N-ethyl adjacent to an activating group) is 1. The lowest BCUT2D eigenvalue weighted by atomic mass is 9.95. The maximum absolute atomic E-state index is 12.1. The lowest BCUT2D eigenvalue weighted by Gasteiger charge is -2.17. The van der Waals surface area contributed by atoms with E-state index in [4.69, 9.17) is 0 Å². The fourth-order valence-electron chi connectivity index (χ4n) is 1.77. The van der Waals surface area contributed by atoms with Crippen LogP contribution in [0.3, 0.4) is 0 Å². The Morgan fingerprint density at radius 3 is 2.61 bits per heavy atom. The number of nitrogens with zero attached hydrogens (tertiary/aromatic N) is 1. The first-order chi connectivity index (χ1) is 8.65. The Balaban J connectivity index is 2.61. The highest BCUT2D eigenvalue weighted by Crippen LogP contribution is 2.19. The topological polar surface area (TPSA) is 32.3 Å². The van der Waals surface area contributed by atoms with Gasteiger partial charge in [-0.1, -0.05) is 36.4 Å². The van der Waals surface area contributed by atoms with Crippen LogP contribution in [0.1, 0.15) is 17.9 Å². The molecule has 0 saturated heterocycles. The van der Waals surface area contributed by atoms with E-state index in [0.717, 1.165) is 12.1 Å². The number of carbonyl (C=O) groups excluding carboxylic acids is 1. The zero-order valence-electron chi connectivity index (χ0n) is 11.2. The first kappa shape index (κ1) is 14.5. The summed E-state index contributed by atoms with van der Waals surface area (Å²) in [6.07, 6.45) is 2.46. The highest BCUT2D eigenvalue weighted by molar-refractivity contribution is 5.83. The van der Waals surface area contributed by atoms with Crippen LogP contribution in [0.15, 0.2) is 43.0 Å². The van der Waals surface area contributed by atoms with Crippen LogP contribution in [-0.2, 0) is 4.79 Å². The lowest BCUT2D eigenvalue weighted by Crippen LogP contribution is -2.34. The highest BCUT2D eigenvalue weighted by atomic mass is 16.1. The van der Waals surface area contributed by atoms with Crippen LogP contribution in [0.4, 0.5) is 0 Å². The van der Waals surface area contributed by atoms with E-state index >= 15 is 0 Å². The summed E-state index contributed by atoms with van der Waals surface area (Å²) in [5, 5.41) is 2.97. The van der Waals surface area contributed by atoms with Crippen LogP contribution < -0.4 is 5.32 Å². The van der Waals surface area contributed by atoms with Gasteiger partial charge >= 0.3 is 0 Å². The third-order valence-electron chi connectivity index (χ3n) is 2.78. The van der Waals surface area contributed by atoms with Crippen molar-refractivity contribution in [3.63, 3.8) is 0 Å². The zero-order chi connectivity index (χ0) is 13.4. The van der Waals surface area contributed by atoms with Gasteiger partial charge in [-0.15, -0.1) is 6.58 Å². The summed E-state index contributed by atoms with van der Waals surface area (Å²) in [4.78, 5) is 14.2. The van der Waals surface area contributed by atoms with E-state index in [1.807, 2.05) is 49.3 Å². The summed E-state index contributed by atoms with van der Waals surface area (Å²) >= 11 is 0. The van der Waals surface area contributed by atoms with Crippen LogP contribution in [0.25, 0.3) is 0 Å². The standard InChI is InChI=1S/C15H22N2O/c1-4-8-14(13-9-6-5-7-10-13)15(18)16-11-12-17(2)3/h4-7,9-10,14H,1,8,11-12H2,2-3H3,(H,16,18). The van der Waals surface area contributed by atoms with E-state index in [2.05, 4.69) is 11.9 Å². The van der Waals surface area contributed by atoms with E-state index < -0.39 is 0 Å². The molecule has 1 atom stereocenters. The Labute approximate surface area is 109 Å². The maximum Gasteiger partial charge on any atom is 0.227 e. The number of benzene rings is 1. The number of hydrogen-bond donors (Lipinski definition) is 1. The summed E-state index contributed by atoms with van der Waals surface area (Å²) in [6, 6.07) is 9.84. The summed E-state index contributed by atoms with van der Waals surface area (Å²) < 4.78 is 0. The van der Waals surface area contributed by atoms with E-state index in [-0.39, 0.29) is 11.8 Å². The van der Waals surface area contributed by atoms with Crippen molar-refractivity contribution in [1.29, 1.82) is 0 Å². The van der Waals surface area contributed by atoms with E-state index in [0.29, 0.717) is 13.0 Å². The quantitative estimate of drug-likeness (QED) is 0.747. The molecule has 0 aromatic heterocycles. The number of hydrogen-bond acceptors (Lipinski definition) is 2. The number of amides is 1. The van der Waals surface area contributed by atoms with Crippen molar-refractivity contribution in [3.8, 4) is 0 Å². The SMILES string of the molecule is C=CCC(C(=O)NCCN(C)C)c1ccccc1. The molecular formula is C15H22N2O. The smallest absolute Gasteiger partial charge is 0.227 e. The molecule has 0 fully saturated rings. The minimum Gasteiger partial charge on any atom is -0.354 e. The molecule has 98 valence electrons. The molecule has 0 spiro atoms.